The zero-order valence-corrected chi connectivity index (χ0v) is 18.1. The number of aliphatic imine (C=N–C) groups is 1. The van der Waals surface area contributed by atoms with Crippen LogP contribution in [0.4, 0.5) is 10.1 Å². The van der Waals surface area contributed by atoms with Crippen molar-refractivity contribution in [2.75, 3.05) is 57.9 Å². The lowest BCUT2D eigenvalue weighted by Crippen LogP contribution is -2.55. The van der Waals surface area contributed by atoms with Crippen LogP contribution in [0.2, 0.25) is 0 Å². The number of hydrogen-bond acceptors (Lipinski definition) is 4. The van der Waals surface area contributed by atoms with Crippen LogP contribution in [-0.2, 0) is 10.2 Å². The first-order valence-electron chi connectivity index (χ1n) is 10.9. The second kappa shape index (κ2) is 9.56. The highest BCUT2D eigenvalue weighted by atomic mass is 19.1. The van der Waals surface area contributed by atoms with Gasteiger partial charge < -0.3 is 25.0 Å². The van der Waals surface area contributed by atoms with E-state index in [2.05, 4.69) is 20.1 Å². The number of nitrogens with one attached hydrogen (secondary N) is 1. The summed E-state index contributed by atoms with van der Waals surface area (Å²) in [4.78, 5) is 8.99. The van der Waals surface area contributed by atoms with Crippen molar-refractivity contribution >= 4 is 11.6 Å². The van der Waals surface area contributed by atoms with E-state index in [-0.39, 0.29) is 11.2 Å². The Hall–Kier alpha value is -2.80. The summed E-state index contributed by atoms with van der Waals surface area (Å²) in [6, 6.07) is 14.4. The third-order valence-electron chi connectivity index (χ3n) is 6.50. The summed E-state index contributed by atoms with van der Waals surface area (Å²) < 4.78 is 19.1. The number of para-hydroxylation sites is 2. The lowest BCUT2D eigenvalue weighted by molar-refractivity contribution is 0.0511. The Bertz CT molecular complexity index is 889. The van der Waals surface area contributed by atoms with Crippen LogP contribution >= 0.6 is 0 Å². The molecule has 0 amide bonds. The van der Waals surface area contributed by atoms with Gasteiger partial charge in [-0.2, -0.15) is 0 Å². The molecule has 2 fully saturated rings. The first-order chi connectivity index (χ1) is 15.1. The molecule has 0 unspecified atom stereocenters. The molecule has 2 N–H and O–H groups in total. The van der Waals surface area contributed by atoms with E-state index >= 15 is 0 Å². The number of phenols is 1. The number of piperazine rings is 1. The number of phenolic OH excluding ortho intramolecular Hbond substituents is 1. The monoisotopic (exact) mass is 426 g/mol. The normalized spacial score (nSPS) is 19.4. The highest BCUT2D eigenvalue weighted by molar-refractivity contribution is 5.80. The SMILES string of the molecule is CN=C(NCC1(c2ccc(F)cc2)CCOCC1)N1CCN(c2ccccc2O)CC1. The van der Waals surface area contributed by atoms with Crippen LogP contribution < -0.4 is 10.2 Å². The summed E-state index contributed by atoms with van der Waals surface area (Å²) in [7, 11) is 1.81. The summed E-state index contributed by atoms with van der Waals surface area (Å²) in [6.07, 6.45) is 1.79. The zero-order valence-electron chi connectivity index (χ0n) is 18.1. The van der Waals surface area contributed by atoms with Crippen LogP contribution in [0.25, 0.3) is 0 Å². The van der Waals surface area contributed by atoms with Gasteiger partial charge in [0.05, 0.1) is 5.69 Å². The van der Waals surface area contributed by atoms with Gasteiger partial charge in [0, 0.05) is 58.4 Å². The number of halogens is 1. The maximum Gasteiger partial charge on any atom is 0.193 e. The standard InChI is InChI=1S/C24H31FN4O2/c1-26-23(29-14-12-28(13-15-29)21-4-2-3-5-22(21)30)27-18-24(10-16-31-17-11-24)19-6-8-20(25)9-7-19/h2-9,30H,10-18H2,1H3,(H,26,27). The summed E-state index contributed by atoms with van der Waals surface area (Å²) in [5.41, 5.74) is 1.92. The average Bonchev–Trinajstić information content (AvgIpc) is 2.81. The molecule has 2 aliphatic rings. The number of anilines is 1. The molecule has 31 heavy (non-hydrogen) atoms. The highest BCUT2D eigenvalue weighted by Crippen LogP contribution is 2.34. The average molecular weight is 427 g/mol. The molecular formula is C24H31FN4O2. The largest absolute Gasteiger partial charge is 0.506 e. The Balaban J connectivity index is 1.40. The van der Waals surface area contributed by atoms with Gasteiger partial charge in [-0.1, -0.05) is 24.3 Å². The fourth-order valence-electron chi connectivity index (χ4n) is 4.60. The van der Waals surface area contributed by atoms with Gasteiger partial charge in [-0.3, -0.25) is 4.99 Å². The van der Waals surface area contributed by atoms with Crippen molar-refractivity contribution in [1.82, 2.24) is 10.2 Å². The van der Waals surface area contributed by atoms with E-state index in [0.717, 1.165) is 62.8 Å². The van der Waals surface area contributed by atoms with Crippen molar-refractivity contribution in [2.24, 2.45) is 4.99 Å². The van der Waals surface area contributed by atoms with Crippen molar-refractivity contribution in [2.45, 2.75) is 18.3 Å². The van der Waals surface area contributed by atoms with Crippen molar-refractivity contribution in [3.8, 4) is 5.75 Å². The summed E-state index contributed by atoms with van der Waals surface area (Å²) in [5, 5.41) is 13.7. The Morgan fingerprint density at radius 1 is 1.06 bits per heavy atom. The van der Waals surface area contributed by atoms with E-state index in [1.807, 2.05) is 37.4 Å². The van der Waals surface area contributed by atoms with E-state index < -0.39 is 0 Å². The predicted molar refractivity (Wildman–Crippen MR) is 121 cm³/mol. The lowest BCUT2D eigenvalue weighted by atomic mass is 9.74. The van der Waals surface area contributed by atoms with Gasteiger partial charge in [-0.05, 0) is 42.7 Å². The van der Waals surface area contributed by atoms with Gasteiger partial charge in [0.1, 0.15) is 11.6 Å². The third-order valence-corrected chi connectivity index (χ3v) is 6.50. The van der Waals surface area contributed by atoms with Gasteiger partial charge >= 0.3 is 0 Å². The van der Waals surface area contributed by atoms with Crippen molar-refractivity contribution in [3.05, 3.63) is 59.9 Å². The molecule has 0 radical (unpaired) electrons. The van der Waals surface area contributed by atoms with Gasteiger partial charge in [-0.25, -0.2) is 4.39 Å². The fraction of sp³-hybridized carbons (Fsp3) is 0.458. The first kappa shape index (κ1) is 21.4. The molecule has 2 aliphatic heterocycles. The molecule has 0 spiro atoms. The highest BCUT2D eigenvalue weighted by Gasteiger charge is 2.35. The Kier molecular flexibility index (Phi) is 6.61. The molecule has 2 saturated heterocycles. The third kappa shape index (κ3) is 4.77. The van der Waals surface area contributed by atoms with Crippen molar-refractivity contribution < 1.29 is 14.2 Å². The van der Waals surface area contributed by atoms with Crippen molar-refractivity contribution in [3.63, 3.8) is 0 Å². The minimum atomic E-state index is -0.211. The van der Waals surface area contributed by atoms with Gasteiger partial charge in [-0.15, -0.1) is 0 Å². The smallest absolute Gasteiger partial charge is 0.193 e. The molecular weight excluding hydrogens is 395 g/mol. The second-order valence-electron chi connectivity index (χ2n) is 8.26. The number of ether oxygens (including phenoxy) is 1. The molecule has 4 rings (SSSR count). The number of benzene rings is 2. The number of aromatic hydroxyl groups is 1. The fourth-order valence-corrected chi connectivity index (χ4v) is 4.60. The molecule has 7 heteroatoms. The Labute approximate surface area is 183 Å². The predicted octanol–water partition coefficient (Wildman–Crippen LogP) is 2.98. The van der Waals surface area contributed by atoms with E-state index in [4.69, 9.17) is 4.74 Å². The maximum absolute atomic E-state index is 13.5. The molecule has 0 bridgehead atoms. The van der Waals surface area contributed by atoms with Crippen molar-refractivity contribution in [1.29, 1.82) is 0 Å². The van der Waals surface area contributed by atoms with Crippen LogP contribution in [0, 0.1) is 5.82 Å². The molecule has 0 atom stereocenters. The summed E-state index contributed by atoms with van der Waals surface area (Å²) in [5.74, 6) is 0.987. The molecule has 6 nitrogen and oxygen atoms in total. The van der Waals surface area contributed by atoms with E-state index in [1.54, 1.807) is 18.2 Å². The van der Waals surface area contributed by atoms with Crippen LogP contribution in [0.15, 0.2) is 53.5 Å². The van der Waals surface area contributed by atoms with Gasteiger partial charge in [0.15, 0.2) is 5.96 Å². The zero-order chi connectivity index (χ0) is 21.7. The van der Waals surface area contributed by atoms with Crippen LogP contribution in [0.1, 0.15) is 18.4 Å². The first-order valence-corrected chi connectivity index (χ1v) is 10.9. The summed E-state index contributed by atoms with van der Waals surface area (Å²) in [6.45, 7) is 5.41. The molecule has 0 saturated carbocycles. The lowest BCUT2D eigenvalue weighted by Gasteiger charge is -2.41. The minimum Gasteiger partial charge on any atom is -0.506 e. The minimum absolute atomic E-state index is 0.0977. The number of hydrogen-bond donors (Lipinski definition) is 2. The summed E-state index contributed by atoms with van der Waals surface area (Å²) >= 11 is 0. The van der Waals surface area contributed by atoms with Crippen LogP contribution in [-0.4, -0.2) is 69.0 Å². The van der Waals surface area contributed by atoms with Gasteiger partial charge in [0.2, 0.25) is 0 Å². The number of rotatable bonds is 4. The topological polar surface area (TPSA) is 60.3 Å². The van der Waals surface area contributed by atoms with E-state index in [9.17, 15) is 9.50 Å². The second-order valence-corrected chi connectivity index (χ2v) is 8.26. The molecule has 2 aromatic rings. The van der Waals surface area contributed by atoms with E-state index in [0.29, 0.717) is 19.0 Å². The molecule has 2 aromatic carbocycles. The van der Waals surface area contributed by atoms with Gasteiger partial charge in [0.25, 0.3) is 0 Å². The number of nitrogens with zero attached hydrogens (tertiary/aromatic N) is 3. The molecule has 2 heterocycles. The van der Waals surface area contributed by atoms with E-state index in [1.165, 1.54) is 0 Å². The molecule has 0 aromatic heterocycles. The van der Waals surface area contributed by atoms with Crippen LogP contribution in [0.5, 0.6) is 5.75 Å². The maximum atomic E-state index is 13.5. The molecule has 166 valence electrons. The number of guanidine groups is 1. The Morgan fingerprint density at radius 3 is 2.39 bits per heavy atom. The molecule has 0 aliphatic carbocycles. The Morgan fingerprint density at radius 2 is 1.74 bits per heavy atom. The quantitative estimate of drug-likeness (QED) is 0.582. The van der Waals surface area contributed by atoms with Crippen LogP contribution in [0.3, 0.4) is 0 Å².